The van der Waals surface area contributed by atoms with E-state index in [2.05, 4.69) is 12.2 Å². The van der Waals surface area contributed by atoms with Gasteiger partial charge in [-0.1, -0.05) is 6.92 Å². The van der Waals surface area contributed by atoms with Gasteiger partial charge in [0.15, 0.2) is 0 Å². The van der Waals surface area contributed by atoms with Crippen LogP contribution in [0.15, 0.2) is 0 Å². The highest BCUT2D eigenvalue weighted by Crippen LogP contribution is 2.40. The molecule has 1 saturated carbocycles. The standard InChI is InChI=1S/C8H15NO/c1-5-6-2-7(3-6)9-8(5)4-10/h5-10H,2-4H2,1H3/t5-,6?,7?,8?/m1/s1. The first-order valence-electron chi connectivity index (χ1n) is 4.18. The third-order valence-corrected chi connectivity index (χ3v) is 3.20. The van der Waals surface area contributed by atoms with E-state index in [0.717, 1.165) is 12.0 Å². The number of piperidine rings is 2. The van der Waals surface area contributed by atoms with Crippen LogP contribution in [0.5, 0.6) is 0 Å². The number of aliphatic hydroxyl groups is 1. The summed E-state index contributed by atoms with van der Waals surface area (Å²) in [6, 6.07) is 1.12. The van der Waals surface area contributed by atoms with E-state index in [9.17, 15) is 0 Å². The zero-order valence-electron chi connectivity index (χ0n) is 6.38. The lowest BCUT2D eigenvalue weighted by molar-refractivity contribution is 0.0286. The first kappa shape index (κ1) is 6.62. The normalized spacial score (nSPS) is 52.2. The molecule has 0 amide bonds. The first-order chi connectivity index (χ1) is 4.81. The molecule has 10 heavy (non-hydrogen) atoms. The molecule has 3 rings (SSSR count). The molecule has 2 N–H and O–H groups in total. The molecule has 0 aromatic heterocycles. The van der Waals surface area contributed by atoms with E-state index in [4.69, 9.17) is 5.11 Å². The van der Waals surface area contributed by atoms with Crippen molar-refractivity contribution in [1.29, 1.82) is 0 Å². The number of rotatable bonds is 1. The van der Waals surface area contributed by atoms with Gasteiger partial charge < -0.3 is 10.4 Å². The van der Waals surface area contributed by atoms with Crippen molar-refractivity contribution in [3.05, 3.63) is 0 Å². The maximum atomic E-state index is 8.94. The topological polar surface area (TPSA) is 32.3 Å². The maximum absolute atomic E-state index is 8.94. The van der Waals surface area contributed by atoms with Crippen LogP contribution in [0.1, 0.15) is 19.8 Å². The molecule has 0 aromatic carbocycles. The largest absolute Gasteiger partial charge is 0.395 e. The van der Waals surface area contributed by atoms with E-state index in [1.165, 1.54) is 12.8 Å². The van der Waals surface area contributed by atoms with Crippen molar-refractivity contribution in [3.8, 4) is 0 Å². The summed E-state index contributed by atoms with van der Waals surface area (Å²) in [7, 11) is 0. The summed E-state index contributed by atoms with van der Waals surface area (Å²) in [6.07, 6.45) is 2.69. The van der Waals surface area contributed by atoms with E-state index >= 15 is 0 Å². The lowest BCUT2D eigenvalue weighted by Crippen LogP contribution is -2.60. The summed E-state index contributed by atoms with van der Waals surface area (Å²) < 4.78 is 0. The van der Waals surface area contributed by atoms with Gasteiger partial charge in [-0.25, -0.2) is 0 Å². The minimum atomic E-state index is 0.314. The van der Waals surface area contributed by atoms with Crippen LogP contribution in [0.4, 0.5) is 0 Å². The van der Waals surface area contributed by atoms with Crippen molar-refractivity contribution >= 4 is 0 Å². The Bertz CT molecular complexity index is 131. The van der Waals surface area contributed by atoms with Crippen LogP contribution < -0.4 is 5.32 Å². The van der Waals surface area contributed by atoms with E-state index in [1.807, 2.05) is 0 Å². The predicted octanol–water partition coefficient (Wildman–Crippen LogP) is 0.365. The summed E-state index contributed by atoms with van der Waals surface area (Å²) in [6.45, 7) is 2.56. The van der Waals surface area contributed by atoms with Gasteiger partial charge >= 0.3 is 0 Å². The number of hydrogen-bond acceptors (Lipinski definition) is 2. The van der Waals surface area contributed by atoms with Crippen molar-refractivity contribution in [2.75, 3.05) is 6.61 Å². The van der Waals surface area contributed by atoms with E-state index in [1.54, 1.807) is 0 Å². The van der Waals surface area contributed by atoms with E-state index < -0.39 is 0 Å². The predicted molar refractivity (Wildman–Crippen MR) is 39.7 cm³/mol. The van der Waals surface area contributed by atoms with Crippen LogP contribution in [0, 0.1) is 11.8 Å². The van der Waals surface area contributed by atoms with Crippen molar-refractivity contribution in [2.45, 2.75) is 31.8 Å². The third-order valence-electron chi connectivity index (χ3n) is 3.20. The van der Waals surface area contributed by atoms with Crippen LogP contribution in [0.3, 0.4) is 0 Å². The molecule has 3 aliphatic rings. The quantitative estimate of drug-likeness (QED) is 0.553. The van der Waals surface area contributed by atoms with E-state index in [0.29, 0.717) is 18.6 Å². The highest BCUT2D eigenvalue weighted by Gasteiger charge is 2.42. The summed E-state index contributed by atoms with van der Waals surface area (Å²) in [4.78, 5) is 0. The van der Waals surface area contributed by atoms with Gasteiger partial charge in [-0.2, -0.15) is 0 Å². The second-order valence-electron chi connectivity index (χ2n) is 3.74. The molecule has 1 aliphatic carbocycles. The molecule has 58 valence electrons. The Hall–Kier alpha value is -0.0800. The fourth-order valence-electron chi connectivity index (χ4n) is 2.23. The Morgan fingerprint density at radius 1 is 1.50 bits per heavy atom. The van der Waals surface area contributed by atoms with Crippen LogP contribution in [-0.4, -0.2) is 23.8 Å². The van der Waals surface area contributed by atoms with Gasteiger partial charge in [0.05, 0.1) is 6.61 Å². The molecule has 2 bridgehead atoms. The highest BCUT2D eigenvalue weighted by atomic mass is 16.3. The summed E-state index contributed by atoms with van der Waals surface area (Å²) in [5.41, 5.74) is 0. The van der Waals surface area contributed by atoms with E-state index in [-0.39, 0.29) is 0 Å². The van der Waals surface area contributed by atoms with Crippen LogP contribution in [0.25, 0.3) is 0 Å². The molecule has 2 aliphatic heterocycles. The zero-order chi connectivity index (χ0) is 7.14. The van der Waals surface area contributed by atoms with Crippen molar-refractivity contribution in [1.82, 2.24) is 5.32 Å². The second-order valence-corrected chi connectivity index (χ2v) is 3.74. The lowest BCUT2D eigenvalue weighted by Gasteiger charge is -2.50. The number of nitrogens with one attached hydrogen (secondary N) is 1. The molecule has 1 unspecified atom stereocenters. The summed E-state index contributed by atoms with van der Waals surface area (Å²) in [5.74, 6) is 1.60. The third kappa shape index (κ3) is 0.789. The van der Waals surface area contributed by atoms with Crippen LogP contribution in [0.2, 0.25) is 0 Å². The van der Waals surface area contributed by atoms with Crippen molar-refractivity contribution in [2.24, 2.45) is 11.8 Å². The molecular formula is C8H15NO. The molecule has 3 fully saturated rings. The monoisotopic (exact) mass is 141 g/mol. The summed E-state index contributed by atoms with van der Waals surface area (Å²) >= 11 is 0. The van der Waals surface area contributed by atoms with Crippen LogP contribution in [-0.2, 0) is 0 Å². The first-order valence-corrected chi connectivity index (χ1v) is 4.18. The maximum Gasteiger partial charge on any atom is 0.0587 e. The lowest BCUT2D eigenvalue weighted by atomic mass is 9.66. The highest BCUT2D eigenvalue weighted by molar-refractivity contribution is 4.98. The number of aliphatic hydroxyl groups excluding tert-OH is 1. The molecule has 2 saturated heterocycles. The van der Waals surface area contributed by atoms with Gasteiger partial charge in [0.25, 0.3) is 0 Å². The van der Waals surface area contributed by atoms with Gasteiger partial charge in [0, 0.05) is 12.1 Å². The van der Waals surface area contributed by atoms with Gasteiger partial charge in [-0.3, -0.25) is 0 Å². The Morgan fingerprint density at radius 3 is 2.60 bits per heavy atom. The van der Waals surface area contributed by atoms with Crippen LogP contribution >= 0.6 is 0 Å². The SMILES string of the molecule is C[C@@H]1C2CC(C2)NC1CO. The number of hydrogen-bond donors (Lipinski definition) is 2. The molecule has 0 spiro atoms. The smallest absolute Gasteiger partial charge is 0.0587 e. The summed E-state index contributed by atoms with van der Waals surface area (Å²) in [5, 5.41) is 12.4. The fourth-order valence-corrected chi connectivity index (χ4v) is 2.23. The molecule has 2 atom stereocenters. The van der Waals surface area contributed by atoms with Crippen molar-refractivity contribution < 1.29 is 5.11 Å². The minimum Gasteiger partial charge on any atom is -0.395 e. The molecule has 2 heterocycles. The van der Waals surface area contributed by atoms with Gasteiger partial charge in [0.1, 0.15) is 0 Å². The Labute approximate surface area is 61.6 Å². The Morgan fingerprint density at radius 2 is 2.20 bits per heavy atom. The molecule has 2 heteroatoms. The zero-order valence-corrected chi connectivity index (χ0v) is 6.38. The van der Waals surface area contributed by atoms with Gasteiger partial charge in [0.2, 0.25) is 0 Å². The fraction of sp³-hybridized carbons (Fsp3) is 1.00. The molecular weight excluding hydrogens is 126 g/mol. The Balaban J connectivity index is 1.99. The Kier molecular flexibility index (Phi) is 1.46. The van der Waals surface area contributed by atoms with Gasteiger partial charge in [-0.05, 0) is 24.7 Å². The second kappa shape index (κ2) is 2.21. The molecule has 2 nitrogen and oxygen atoms in total. The average molecular weight is 141 g/mol. The average Bonchev–Trinajstić information content (AvgIpc) is 1.85. The van der Waals surface area contributed by atoms with Crippen molar-refractivity contribution in [3.63, 3.8) is 0 Å². The molecule has 0 aromatic rings. The molecule has 0 radical (unpaired) electrons. The minimum absolute atomic E-state index is 0.314. The van der Waals surface area contributed by atoms with Gasteiger partial charge in [-0.15, -0.1) is 0 Å². The number of fused-ring (bicyclic) bond motifs is 2.